The maximum absolute atomic E-state index is 13.3. The van der Waals surface area contributed by atoms with Crippen molar-refractivity contribution in [2.75, 3.05) is 0 Å². The second-order valence-electron chi connectivity index (χ2n) is 6.93. The van der Waals surface area contributed by atoms with Crippen LogP contribution in [0.5, 0.6) is 5.75 Å². The lowest BCUT2D eigenvalue weighted by atomic mass is 9.52. The summed E-state index contributed by atoms with van der Waals surface area (Å²) in [6, 6.07) is 4.94. The largest absolute Gasteiger partial charge is 0.508 e. The van der Waals surface area contributed by atoms with Crippen molar-refractivity contribution in [1.29, 1.82) is 0 Å². The van der Waals surface area contributed by atoms with E-state index in [0.29, 0.717) is 19.3 Å². The van der Waals surface area contributed by atoms with E-state index < -0.39 is 29.7 Å². The van der Waals surface area contributed by atoms with Crippen LogP contribution in [-0.4, -0.2) is 33.2 Å². The predicted molar refractivity (Wildman–Crippen MR) is 78.1 cm³/mol. The highest BCUT2D eigenvalue weighted by Crippen LogP contribution is 2.57. The van der Waals surface area contributed by atoms with Crippen LogP contribution in [0.4, 0.5) is 13.2 Å². The predicted octanol–water partition coefficient (Wildman–Crippen LogP) is 3.05. The molecule has 0 bridgehead atoms. The highest BCUT2D eigenvalue weighted by molar-refractivity contribution is 5.43. The topological polar surface area (TPSA) is 60.7 Å². The maximum Gasteiger partial charge on any atom is 0.419 e. The summed E-state index contributed by atoms with van der Waals surface area (Å²) in [7, 11) is 0. The molecule has 4 atom stereocenters. The Labute approximate surface area is 132 Å². The van der Waals surface area contributed by atoms with Crippen molar-refractivity contribution in [3.63, 3.8) is 0 Å². The summed E-state index contributed by atoms with van der Waals surface area (Å²) in [5.74, 6) is -0.212. The molecule has 1 aromatic rings. The Bertz CT molecular complexity index is 616. The molecule has 1 aromatic carbocycles. The fourth-order valence-electron chi connectivity index (χ4n) is 4.63. The molecule has 0 radical (unpaired) electrons. The molecule has 0 heterocycles. The van der Waals surface area contributed by atoms with Crippen molar-refractivity contribution in [1.82, 2.24) is 0 Å². The lowest BCUT2D eigenvalue weighted by Gasteiger charge is -2.55. The van der Waals surface area contributed by atoms with Gasteiger partial charge in [-0.3, -0.25) is 0 Å². The number of aromatic hydroxyl groups is 1. The third-order valence-corrected chi connectivity index (χ3v) is 5.96. The fourth-order valence-corrected chi connectivity index (χ4v) is 4.63. The molecule has 3 nitrogen and oxygen atoms in total. The second-order valence-corrected chi connectivity index (χ2v) is 6.93. The Kier molecular flexibility index (Phi) is 3.69. The SMILES string of the molecule is CC[C@@]12C[C@H](O)[C@@](O)(C(F)(F)F)C[C@H]1CCc1cc(O)ccc12. The third kappa shape index (κ3) is 2.26. The van der Waals surface area contributed by atoms with E-state index in [1.54, 1.807) is 12.1 Å². The van der Waals surface area contributed by atoms with Gasteiger partial charge in [0, 0.05) is 5.41 Å². The molecule has 23 heavy (non-hydrogen) atoms. The molecular weight excluding hydrogens is 309 g/mol. The molecule has 0 amide bonds. The highest BCUT2D eigenvalue weighted by Gasteiger charge is 2.65. The van der Waals surface area contributed by atoms with Gasteiger partial charge in [-0.2, -0.15) is 13.2 Å². The van der Waals surface area contributed by atoms with Crippen LogP contribution in [0, 0.1) is 5.92 Å². The van der Waals surface area contributed by atoms with E-state index in [0.717, 1.165) is 11.1 Å². The van der Waals surface area contributed by atoms with Gasteiger partial charge in [-0.25, -0.2) is 0 Å². The smallest absolute Gasteiger partial charge is 0.419 e. The molecule has 6 heteroatoms. The van der Waals surface area contributed by atoms with Gasteiger partial charge in [0.05, 0.1) is 6.10 Å². The average Bonchev–Trinajstić information content (AvgIpc) is 2.47. The van der Waals surface area contributed by atoms with Crippen LogP contribution in [0.25, 0.3) is 0 Å². The molecule has 3 N–H and O–H groups in total. The lowest BCUT2D eigenvalue weighted by Crippen LogP contribution is -2.63. The van der Waals surface area contributed by atoms with Crippen molar-refractivity contribution in [3.05, 3.63) is 29.3 Å². The molecular formula is C17H21F3O3. The molecule has 0 aliphatic heterocycles. The Balaban J connectivity index is 2.07. The van der Waals surface area contributed by atoms with Crippen LogP contribution >= 0.6 is 0 Å². The maximum atomic E-state index is 13.3. The monoisotopic (exact) mass is 330 g/mol. The summed E-state index contributed by atoms with van der Waals surface area (Å²) in [5, 5.41) is 29.9. The molecule has 0 aromatic heterocycles. The van der Waals surface area contributed by atoms with E-state index in [-0.39, 0.29) is 18.1 Å². The van der Waals surface area contributed by atoms with Crippen molar-refractivity contribution in [2.24, 2.45) is 5.92 Å². The minimum Gasteiger partial charge on any atom is -0.508 e. The molecule has 0 spiro atoms. The number of aliphatic hydroxyl groups is 2. The summed E-state index contributed by atoms with van der Waals surface area (Å²) in [6.07, 6.45) is -5.64. The van der Waals surface area contributed by atoms with Gasteiger partial charge in [0.2, 0.25) is 0 Å². The summed E-state index contributed by atoms with van der Waals surface area (Å²) in [5.41, 5.74) is -1.80. The van der Waals surface area contributed by atoms with Gasteiger partial charge in [0.15, 0.2) is 5.60 Å². The fraction of sp³-hybridized carbons (Fsp3) is 0.647. The lowest BCUT2D eigenvalue weighted by molar-refractivity contribution is -0.310. The number of phenols is 1. The van der Waals surface area contributed by atoms with Crippen molar-refractivity contribution < 1.29 is 28.5 Å². The van der Waals surface area contributed by atoms with Crippen LogP contribution in [0.1, 0.15) is 43.7 Å². The highest BCUT2D eigenvalue weighted by atomic mass is 19.4. The zero-order valence-electron chi connectivity index (χ0n) is 12.9. The van der Waals surface area contributed by atoms with Crippen molar-refractivity contribution in [2.45, 2.75) is 62.3 Å². The zero-order valence-corrected chi connectivity index (χ0v) is 12.9. The van der Waals surface area contributed by atoms with Crippen LogP contribution in [0.15, 0.2) is 18.2 Å². The van der Waals surface area contributed by atoms with Gasteiger partial charge in [-0.1, -0.05) is 13.0 Å². The minimum absolute atomic E-state index is 0.123. The zero-order chi connectivity index (χ0) is 17.0. The van der Waals surface area contributed by atoms with Crippen LogP contribution in [0.2, 0.25) is 0 Å². The van der Waals surface area contributed by atoms with E-state index in [4.69, 9.17) is 0 Å². The van der Waals surface area contributed by atoms with Gasteiger partial charge in [-0.05, 0) is 61.3 Å². The van der Waals surface area contributed by atoms with E-state index in [2.05, 4.69) is 0 Å². The standard InChI is InChI=1S/C17H21F3O3/c1-2-15-9-14(22)16(23,17(18,19)20)8-11(15)4-3-10-7-12(21)5-6-13(10)15/h5-7,11,14,21-23H,2-4,8-9H2,1H3/t11-,14+,15-,16-/m1/s1. The van der Waals surface area contributed by atoms with Gasteiger partial charge in [0.25, 0.3) is 0 Å². The average molecular weight is 330 g/mol. The van der Waals surface area contributed by atoms with Crippen LogP contribution < -0.4 is 0 Å². The number of aryl methyl sites for hydroxylation is 1. The molecule has 1 fully saturated rings. The number of phenolic OH excluding ortho intramolecular Hbond substituents is 1. The van der Waals surface area contributed by atoms with E-state index >= 15 is 0 Å². The molecule has 2 aliphatic carbocycles. The normalized spacial score (nSPS) is 37.1. The number of aliphatic hydroxyl groups excluding tert-OH is 1. The summed E-state index contributed by atoms with van der Waals surface area (Å²) in [6.45, 7) is 1.90. The minimum atomic E-state index is -4.85. The van der Waals surface area contributed by atoms with Crippen molar-refractivity contribution in [3.8, 4) is 5.75 Å². The summed E-state index contributed by atoms with van der Waals surface area (Å²) >= 11 is 0. The number of hydrogen-bond donors (Lipinski definition) is 3. The number of benzene rings is 1. The van der Waals surface area contributed by atoms with Gasteiger partial charge in [-0.15, -0.1) is 0 Å². The summed E-state index contributed by atoms with van der Waals surface area (Å²) < 4.78 is 39.8. The van der Waals surface area contributed by atoms with E-state index in [9.17, 15) is 28.5 Å². The first-order chi connectivity index (χ1) is 10.6. The Morgan fingerprint density at radius 3 is 2.57 bits per heavy atom. The number of fused-ring (bicyclic) bond motifs is 3. The van der Waals surface area contributed by atoms with Gasteiger partial charge < -0.3 is 15.3 Å². The first kappa shape index (κ1) is 16.6. The van der Waals surface area contributed by atoms with E-state index in [1.807, 2.05) is 6.92 Å². The Morgan fingerprint density at radius 2 is 1.96 bits per heavy atom. The molecule has 1 saturated carbocycles. The first-order valence-electron chi connectivity index (χ1n) is 7.93. The van der Waals surface area contributed by atoms with Crippen LogP contribution in [0.3, 0.4) is 0 Å². The number of rotatable bonds is 1. The molecule has 0 saturated heterocycles. The van der Waals surface area contributed by atoms with Crippen molar-refractivity contribution >= 4 is 0 Å². The van der Waals surface area contributed by atoms with E-state index in [1.165, 1.54) is 6.07 Å². The Morgan fingerprint density at radius 1 is 1.26 bits per heavy atom. The quantitative estimate of drug-likeness (QED) is 0.742. The number of alkyl halides is 3. The third-order valence-electron chi connectivity index (χ3n) is 5.96. The molecule has 3 rings (SSSR count). The molecule has 128 valence electrons. The first-order valence-corrected chi connectivity index (χ1v) is 7.93. The number of halogens is 3. The molecule has 0 unspecified atom stereocenters. The number of hydrogen-bond acceptors (Lipinski definition) is 3. The van der Waals surface area contributed by atoms with Gasteiger partial charge in [0.1, 0.15) is 5.75 Å². The summed E-state index contributed by atoms with van der Waals surface area (Å²) in [4.78, 5) is 0. The van der Waals surface area contributed by atoms with Gasteiger partial charge >= 0.3 is 6.18 Å². The van der Waals surface area contributed by atoms with Crippen LogP contribution in [-0.2, 0) is 11.8 Å². The second kappa shape index (κ2) is 5.11. The molecule has 2 aliphatic rings. The Hall–Kier alpha value is -1.27.